The molecule has 1 aliphatic carbocycles. The van der Waals surface area contributed by atoms with Crippen molar-refractivity contribution in [3.63, 3.8) is 0 Å². The topological polar surface area (TPSA) is 92.5 Å². The largest absolute Gasteiger partial charge is 0.388 e. The van der Waals surface area contributed by atoms with Crippen LogP contribution in [0, 0.1) is 17.0 Å². The van der Waals surface area contributed by atoms with Crippen molar-refractivity contribution in [2.24, 2.45) is 0 Å². The number of carbonyl (C=O) groups is 1. The molecule has 2 N–H and O–H groups in total. The van der Waals surface area contributed by atoms with Crippen LogP contribution in [-0.4, -0.2) is 28.1 Å². The summed E-state index contributed by atoms with van der Waals surface area (Å²) in [6.45, 7) is 1.79. The van der Waals surface area contributed by atoms with Crippen LogP contribution in [0.15, 0.2) is 18.2 Å². The molecule has 2 rings (SSSR count). The highest BCUT2D eigenvalue weighted by Crippen LogP contribution is 2.31. The van der Waals surface area contributed by atoms with Crippen molar-refractivity contribution in [3.05, 3.63) is 39.4 Å². The molecule has 1 aromatic rings. The first kappa shape index (κ1) is 13.5. The van der Waals surface area contributed by atoms with Crippen molar-refractivity contribution in [3.8, 4) is 0 Å². The number of hydrogen-bond donors (Lipinski definition) is 2. The second-order valence-corrected chi connectivity index (χ2v) is 4.99. The van der Waals surface area contributed by atoms with Crippen LogP contribution in [0.5, 0.6) is 0 Å². The van der Waals surface area contributed by atoms with Gasteiger partial charge in [-0.25, -0.2) is 0 Å². The van der Waals surface area contributed by atoms with E-state index in [9.17, 15) is 20.0 Å². The van der Waals surface area contributed by atoms with Gasteiger partial charge < -0.3 is 10.4 Å². The first-order valence-corrected chi connectivity index (χ1v) is 6.17. The van der Waals surface area contributed by atoms with E-state index in [2.05, 4.69) is 5.32 Å². The van der Waals surface area contributed by atoms with Gasteiger partial charge in [-0.2, -0.15) is 0 Å². The maximum atomic E-state index is 12.1. The highest BCUT2D eigenvalue weighted by atomic mass is 16.6. The molecule has 0 aromatic heterocycles. The van der Waals surface area contributed by atoms with Gasteiger partial charge in [-0.15, -0.1) is 0 Å². The van der Waals surface area contributed by atoms with Gasteiger partial charge in [0, 0.05) is 12.6 Å². The summed E-state index contributed by atoms with van der Waals surface area (Å²) in [5, 5.41) is 23.4. The highest BCUT2D eigenvalue weighted by Gasteiger charge is 2.35. The highest BCUT2D eigenvalue weighted by molar-refractivity contribution is 5.99. The second-order valence-electron chi connectivity index (χ2n) is 4.99. The molecule has 1 aromatic carbocycles. The second kappa shape index (κ2) is 4.97. The molecular weight excluding hydrogens is 248 g/mol. The Balaban J connectivity index is 2.16. The number of nitro groups is 1. The van der Waals surface area contributed by atoms with E-state index in [1.165, 1.54) is 6.07 Å². The van der Waals surface area contributed by atoms with Crippen LogP contribution in [-0.2, 0) is 0 Å². The van der Waals surface area contributed by atoms with Gasteiger partial charge in [0.15, 0.2) is 0 Å². The SMILES string of the molecule is Cc1cccc([N+](=O)[O-])c1C(=O)NCC1(O)CCC1. The Morgan fingerprint density at radius 1 is 1.53 bits per heavy atom. The van der Waals surface area contributed by atoms with Crippen LogP contribution >= 0.6 is 0 Å². The summed E-state index contributed by atoms with van der Waals surface area (Å²) in [5.74, 6) is -0.509. The maximum absolute atomic E-state index is 12.1. The van der Waals surface area contributed by atoms with E-state index in [1.807, 2.05) is 0 Å². The van der Waals surface area contributed by atoms with Gasteiger partial charge in [0.05, 0.1) is 10.5 Å². The molecule has 0 aliphatic heterocycles. The minimum Gasteiger partial charge on any atom is -0.388 e. The zero-order valence-electron chi connectivity index (χ0n) is 10.7. The summed E-state index contributed by atoms with van der Waals surface area (Å²) in [6.07, 6.45) is 2.25. The summed E-state index contributed by atoms with van der Waals surface area (Å²) in [5.41, 5.74) is -0.437. The molecule has 102 valence electrons. The standard InChI is InChI=1S/C13H16N2O4/c1-9-4-2-5-10(15(18)19)11(9)12(16)14-8-13(17)6-3-7-13/h2,4-5,17H,3,6-8H2,1H3,(H,14,16). The number of nitro benzene ring substituents is 1. The zero-order valence-corrected chi connectivity index (χ0v) is 10.7. The molecule has 6 heteroatoms. The quantitative estimate of drug-likeness (QED) is 0.637. The molecule has 0 unspecified atom stereocenters. The minimum atomic E-state index is -0.840. The van der Waals surface area contributed by atoms with Crippen molar-refractivity contribution in [1.82, 2.24) is 5.32 Å². The van der Waals surface area contributed by atoms with E-state index in [-0.39, 0.29) is 17.8 Å². The predicted molar refractivity (Wildman–Crippen MR) is 69.0 cm³/mol. The molecule has 0 atom stereocenters. The average molecular weight is 264 g/mol. The van der Waals surface area contributed by atoms with Gasteiger partial charge in [0.25, 0.3) is 11.6 Å². The number of rotatable bonds is 4. The van der Waals surface area contributed by atoms with Gasteiger partial charge >= 0.3 is 0 Å². The Morgan fingerprint density at radius 3 is 2.74 bits per heavy atom. The van der Waals surface area contributed by atoms with E-state index in [4.69, 9.17) is 0 Å². The van der Waals surface area contributed by atoms with Gasteiger partial charge in [0.1, 0.15) is 5.56 Å². The van der Waals surface area contributed by atoms with E-state index in [1.54, 1.807) is 19.1 Å². The lowest BCUT2D eigenvalue weighted by atomic mass is 9.80. The number of amides is 1. The molecule has 0 radical (unpaired) electrons. The average Bonchev–Trinajstić information content (AvgIpc) is 2.33. The first-order valence-electron chi connectivity index (χ1n) is 6.17. The molecule has 0 bridgehead atoms. The van der Waals surface area contributed by atoms with E-state index >= 15 is 0 Å². The van der Waals surface area contributed by atoms with Gasteiger partial charge in [-0.1, -0.05) is 12.1 Å². The lowest BCUT2D eigenvalue weighted by Crippen LogP contribution is -2.47. The third-order valence-corrected chi connectivity index (χ3v) is 3.54. The van der Waals surface area contributed by atoms with Gasteiger partial charge in [0.2, 0.25) is 0 Å². The Labute approximate surface area is 110 Å². The summed E-state index contributed by atoms with van der Waals surface area (Å²) in [6, 6.07) is 4.50. The maximum Gasteiger partial charge on any atom is 0.282 e. The lowest BCUT2D eigenvalue weighted by Gasteiger charge is -2.36. The third kappa shape index (κ3) is 2.73. The Hall–Kier alpha value is -1.95. The summed E-state index contributed by atoms with van der Waals surface area (Å²) in [7, 11) is 0. The van der Waals surface area contributed by atoms with Crippen LogP contribution in [0.4, 0.5) is 5.69 Å². The number of benzene rings is 1. The molecule has 6 nitrogen and oxygen atoms in total. The van der Waals surface area contributed by atoms with Crippen LogP contribution in [0.3, 0.4) is 0 Å². The zero-order chi connectivity index (χ0) is 14.0. The Kier molecular flexibility index (Phi) is 3.53. The van der Waals surface area contributed by atoms with Gasteiger partial charge in [-0.3, -0.25) is 14.9 Å². The first-order chi connectivity index (χ1) is 8.93. The van der Waals surface area contributed by atoms with Crippen LogP contribution in [0.25, 0.3) is 0 Å². The number of nitrogens with zero attached hydrogens (tertiary/aromatic N) is 1. The van der Waals surface area contributed by atoms with E-state index in [0.29, 0.717) is 18.4 Å². The van der Waals surface area contributed by atoms with Crippen molar-refractivity contribution >= 4 is 11.6 Å². The fraction of sp³-hybridized carbons (Fsp3) is 0.462. The Bertz CT molecular complexity index is 523. The monoisotopic (exact) mass is 264 g/mol. The van der Waals surface area contributed by atoms with Crippen LogP contribution in [0.2, 0.25) is 0 Å². The summed E-state index contributed by atoms with van der Waals surface area (Å²) < 4.78 is 0. The molecule has 19 heavy (non-hydrogen) atoms. The number of hydrogen-bond acceptors (Lipinski definition) is 4. The van der Waals surface area contributed by atoms with Crippen molar-refractivity contribution in [2.75, 3.05) is 6.54 Å². The molecular formula is C13H16N2O4. The van der Waals surface area contributed by atoms with Crippen LogP contribution < -0.4 is 5.32 Å². The normalized spacial score (nSPS) is 16.5. The predicted octanol–water partition coefficient (Wildman–Crippen LogP) is 1.55. The van der Waals surface area contributed by atoms with E-state index < -0.39 is 16.4 Å². The van der Waals surface area contributed by atoms with E-state index in [0.717, 1.165) is 6.42 Å². The molecule has 1 aliphatic rings. The smallest absolute Gasteiger partial charge is 0.282 e. The van der Waals surface area contributed by atoms with Crippen molar-refractivity contribution < 1.29 is 14.8 Å². The molecule has 1 saturated carbocycles. The minimum absolute atomic E-state index is 0.0652. The molecule has 0 spiro atoms. The lowest BCUT2D eigenvalue weighted by molar-refractivity contribution is -0.385. The number of aryl methyl sites for hydroxylation is 1. The fourth-order valence-corrected chi connectivity index (χ4v) is 2.19. The molecule has 0 saturated heterocycles. The Morgan fingerprint density at radius 2 is 2.21 bits per heavy atom. The molecule has 1 fully saturated rings. The summed E-state index contributed by atoms with van der Waals surface area (Å²) >= 11 is 0. The fourth-order valence-electron chi connectivity index (χ4n) is 2.19. The third-order valence-electron chi connectivity index (χ3n) is 3.54. The van der Waals surface area contributed by atoms with Crippen LogP contribution in [0.1, 0.15) is 35.2 Å². The van der Waals surface area contributed by atoms with Crippen molar-refractivity contribution in [1.29, 1.82) is 0 Å². The number of aliphatic hydroxyl groups is 1. The van der Waals surface area contributed by atoms with Crippen molar-refractivity contribution in [2.45, 2.75) is 31.8 Å². The molecule has 1 amide bonds. The number of nitrogens with one attached hydrogen (secondary N) is 1. The number of carbonyl (C=O) groups excluding carboxylic acids is 1. The van der Waals surface area contributed by atoms with Gasteiger partial charge in [-0.05, 0) is 31.7 Å². The molecule has 0 heterocycles. The summed E-state index contributed by atoms with van der Waals surface area (Å²) in [4.78, 5) is 22.4.